The zero-order chi connectivity index (χ0) is 21.4. The van der Waals surface area contributed by atoms with Crippen LogP contribution in [0.15, 0.2) is 30.7 Å². The minimum atomic E-state index is -0.640. The fourth-order valence-electron chi connectivity index (χ4n) is 4.08. The van der Waals surface area contributed by atoms with E-state index in [-0.39, 0.29) is 17.1 Å². The van der Waals surface area contributed by atoms with Gasteiger partial charge < -0.3 is 15.5 Å². The molecule has 162 valence electrons. The summed E-state index contributed by atoms with van der Waals surface area (Å²) in [5, 5.41) is 10.9. The van der Waals surface area contributed by atoms with E-state index < -0.39 is 11.6 Å². The van der Waals surface area contributed by atoms with Gasteiger partial charge in [0.15, 0.2) is 11.6 Å². The Morgan fingerprint density at radius 2 is 1.90 bits per heavy atom. The summed E-state index contributed by atoms with van der Waals surface area (Å²) in [6, 6.07) is 2.50. The van der Waals surface area contributed by atoms with Gasteiger partial charge in [0, 0.05) is 37.0 Å². The maximum atomic E-state index is 14.3. The predicted octanol–water partition coefficient (Wildman–Crippen LogP) is 3.63. The number of piperidine rings is 1. The first kappa shape index (κ1) is 20.1. The molecule has 0 aliphatic carbocycles. The van der Waals surface area contributed by atoms with E-state index in [0.29, 0.717) is 36.5 Å². The Kier molecular flexibility index (Phi) is 5.45. The van der Waals surface area contributed by atoms with Crippen molar-refractivity contribution in [2.45, 2.75) is 25.4 Å². The molecule has 4 heterocycles. The molecule has 2 aliphatic rings. The van der Waals surface area contributed by atoms with Crippen LogP contribution in [-0.4, -0.2) is 45.9 Å². The average molecular weight is 446 g/mol. The van der Waals surface area contributed by atoms with Crippen LogP contribution in [0.3, 0.4) is 0 Å². The average Bonchev–Trinajstić information content (AvgIpc) is 3.30. The largest absolute Gasteiger partial charge is 0.365 e. The van der Waals surface area contributed by atoms with Crippen molar-refractivity contribution < 1.29 is 8.78 Å². The first-order valence-electron chi connectivity index (χ1n) is 10.3. The van der Waals surface area contributed by atoms with Gasteiger partial charge in [-0.3, -0.25) is 4.68 Å². The molecule has 0 unspecified atom stereocenters. The van der Waals surface area contributed by atoms with Crippen molar-refractivity contribution in [3.8, 4) is 11.3 Å². The lowest BCUT2D eigenvalue weighted by Gasteiger charge is -2.30. The minimum Gasteiger partial charge on any atom is -0.365 e. The summed E-state index contributed by atoms with van der Waals surface area (Å²) in [7, 11) is 0. The third-order valence-corrected chi connectivity index (χ3v) is 6.20. The van der Waals surface area contributed by atoms with Gasteiger partial charge in [-0.05, 0) is 38.1 Å². The summed E-state index contributed by atoms with van der Waals surface area (Å²) in [6.07, 6.45) is 7.57. The van der Waals surface area contributed by atoms with E-state index >= 15 is 0 Å². The molecular formula is C21H22ClF2N7. The summed E-state index contributed by atoms with van der Waals surface area (Å²) in [5.74, 6) is 0.00389. The lowest BCUT2D eigenvalue weighted by molar-refractivity contribution is 0.343. The van der Waals surface area contributed by atoms with Crippen LogP contribution in [0.1, 0.15) is 24.4 Å². The second kappa shape index (κ2) is 8.39. The molecule has 10 heteroatoms. The lowest BCUT2D eigenvalue weighted by Crippen LogP contribution is -2.35. The van der Waals surface area contributed by atoms with E-state index in [1.54, 1.807) is 12.4 Å². The maximum absolute atomic E-state index is 14.3. The highest BCUT2D eigenvalue weighted by Gasteiger charge is 2.24. The van der Waals surface area contributed by atoms with E-state index in [1.807, 2.05) is 15.8 Å². The topological polar surface area (TPSA) is 70.9 Å². The molecule has 2 aromatic heterocycles. The van der Waals surface area contributed by atoms with Crippen LogP contribution >= 0.6 is 11.6 Å². The SMILES string of the molecule is Fc1ccc(F)c(CN2CCNc3ncc(-c4cnn(C5CCNCC5)c4)nc32)c1Cl. The number of fused-ring (bicyclic) bond motifs is 1. The van der Waals surface area contributed by atoms with Crippen molar-refractivity contribution in [2.24, 2.45) is 0 Å². The van der Waals surface area contributed by atoms with Crippen molar-refractivity contribution in [2.75, 3.05) is 36.4 Å². The van der Waals surface area contributed by atoms with Crippen molar-refractivity contribution in [1.82, 2.24) is 25.1 Å². The monoisotopic (exact) mass is 445 g/mol. The standard InChI is InChI=1S/C21H22ClF2N7/c22-19-15(16(23)1-2-17(19)24)12-30-8-7-26-20-21(30)29-18(10-27-20)13-9-28-31(11-13)14-3-5-25-6-4-14/h1-2,9-11,14,25H,3-8,12H2,(H,26,27). The number of halogens is 3. The fraction of sp³-hybridized carbons (Fsp3) is 0.381. The van der Waals surface area contributed by atoms with Gasteiger partial charge in [0.1, 0.15) is 11.6 Å². The summed E-state index contributed by atoms with van der Waals surface area (Å²) >= 11 is 6.04. The Morgan fingerprint density at radius 3 is 2.74 bits per heavy atom. The smallest absolute Gasteiger partial charge is 0.172 e. The highest BCUT2D eigenvalue weighted by molar-refractivity contribution is 6.31. The Balaban J connectivity index is 1.44. The van der Waals surface area contributed by atoms with Gasteiger partial charge in [0.2, 0.25) is 0 Å². The molecule has 31 heavy (non-hydrogen) atoms. The third-order valence-electron chi connectivity index (χ3n) is 5.80. The second-order valence-corrected chi connectivity index (χ2v) is 8.17. The zero-order valence-corrected chi connectivity index (χ0v) is 17.5. The van der Waals surface area contributed by atoms with E-state index in [0.717, 1.165) is 43.6 Å². The van der Waals surface area contributed by atoms with Crippen LogP contribution in [0.25, 0.3) is 11.3 Å². The molecule has 7 nitrogen and oxygen atoms in total. The minimum absolute atomic E-state index is 0.101. The number of nitrogens with zero attached hydrogens (tertiary/aromatic N) is 5. The summed E-state index contributed by atoms with van der Waals surface area (Å²) < 4.78 is 30.2. The highest BCUT2D eigenvalue weighted by Crippen LogP contribution is 2.32. The van der Waals surface area contributed by atoms with E-state index in [1.165, 1.54) is 0 Å². The summed E-state index contributed by atoms with van der Waals surface area (Å²) in [5.41, 5.74) is 1.66. The van der Waals surface area contributed by atoms with Crippen LogP contribution in [0.5, 0.6) is 0 Å². The lowest BCUT2D eigenvalue weighted by atomic mass is 10.1. The van der Waals surface area contributed by atoms with Gasteiger partial charge in [-0.15, -0.1) is 0 Å². The normalized spacial score (nSPS) is 16.8. The Labute approximate surface area is 183 Å². The molecule has 2 aliphatic heterocycles. The Bertz CT molecular complexity index is 1100. The van der Waals surface area contributed by atoms with Gasteiger partial charge >= 0.3 is 0 Å². The van der Waals surface area contributed by atoms with Crippen LogP contribution in [0.2, 0.25) is 5.02 Å². The molecule has 0 bridgehead atoms. The quantitative estimate of drug-likeness (QED) is 0.598. The van der Waals surface area contributed by atoms with Gasteiger partial charge in [0.05, 0.1) is 29.2 Å². The molecule has 0 radical (unpaired) electrons. The molecule has 0 atom stereocenters. The highest BCUT2D eigenvalue weighted by atomic mass is 35.5. The number of rotatable bonds is 4. The first-order valence-corrected chi connectivity index (χ1v) is 10.7. The molecule has 3 aromatic rings. The molecule has 1 aromatic carbocycles. The number of anilines is 2. The van der Waals surface area contributed by atoms with Crippen molar-refractivity contribution in [1.29, 1.82) is 0 Å². The molecule has 0 amide bonds. The van der Waals surface area contributed by atoms with Crippen molar-refractivity contribution >= 4 is 23.2 Å². The van der Waals surface area contributed by atoms with Gasteiger partial charge in [-0.25, -0.2) is 18.7 Å². The van der Waals surface area contributed by atoms with E-state index in [9.17, 15) is 8.78 Å². The molecule has 1 fully saturated rings. The molecule has 1 saturated heterocycles. The van der Waals surface area contributed by atoms with Crippen molar-refractivity contribution in [3.05, 3.63) is 52.9 Å². The predicted molar refractivity (Wildman–Crippen MR) is 115 cm³/mol. The van der Waals surface area contributed by atoms with Crippen molar-refractivity contribution in [3.63, 3.8) is 0 Å². The van der Waals surface area contributed by atoms with Crippen LogP contribution in [0.4, 0.5) is 20.4 Å². The molecule has 0 spiro atoms. The van der Waals surface area contributed by atoms with Gasteiger partial charge in [-0.1, -0.05) is 11.6 Å². The number of hydrogen-bond acceptors (Lipinski definition) is 6. The van der Waals surface area contributed by atoms with Gasteiger partial charge in [-0.2, -0.15) is 5.10 Å². The Hall–Kier alpha value is -2.78. The van der Waals surface area contributed by atoms with Gasteiger partial charge in [0.25, 0.3) is 0 Å². The number of nitrogens with one attached hydrogen (secondary N) is 2. The second-order valence-electron chi connectivity index (χ2n) is 7.79. The van der Waals surface area contributed by atoms with Crippen LogP contribution < -0.4 is 15.5 Å². The third kappa shape index (κ3) is 3.95. The molecular weight excluding hydrogens is 424 g/mol. The zero-order valence-electron chi connectivity index (χ0n) is 16.8. The maximum Gasteiger partial charge on any atom is 0.172 e. The molecule has 0 saturated carbocycles. The van der Waals surface area contributed by atoms with E-state index in [4.69, 9.17) is 16.6 Å². The fourth-order valence-corrected chi connectivity index (χ4v) is 4.29. The number of aromatic nitrogens is 4. The van der Waals surface area contributed by atoms with Crippen LogP contribution in [0, 0.1) is 11.6 Å². The molecule has 2 N–H and O–H groups in total. The first-order chi connectivity index (χ1) is 15.1. The number of benzene rings is 1. The van der Waals surface area contributed by atoms with E-state index in [2.05, 4.69) is 20.7 Å². The van der Waals surface area contributed by atoms with Crippen LogP contribution in [-0.2, 0) is 6.54 Å². The summed E-state index contributed by atoms with van der Waals surface area (Å²) in [6.45, 7) is 3.25. The summed E-state index contributed by atoms with van der Waals surface area (Å²) in [4.78, 5) is 11.2. The Morgan fingerprint density at radius 1 is 1.10 bits per heavy atom. The molecule has 5 rings (SSSR count). The number of hydrogen-bond donors (Lipinski definition) is 2.